The van der Waals surface area contributed by atoms with Crippen molar-refractivity contribution in [3.05, 3.63) is 45.0 Å². The number of nitriles is 1. The number of aromatic hydroxyl groups is 2. The number of benzene rings is 2. The number of rotatable bonds is 4. The molecule has 3 N–H and O–H groups in total. The maximum absolute atomic E-state index is 13.3. The highest BCUT2D eigenvalue weighted by molar-refractivity contribution is 5.76. The van der Waals surface area contributed by atoms with E-state index in [2.05, 4.69) is 34.3 Å². The lowest BCUT2D eigenvalue weighted by molar-refractivity contribution is -0.123. The molecule has 43 heavy (non-hydrogen) atoms. The Morgan fingerprint density at radius 2 is 1.77 bits per heavy atom. The van der Waals surface area contributed by atoms with Gasteiger partial charge in [-0.05, 0) is 76.1 Å². The second-order valence-corrected chi connectivity index (χ2v) is 13.4. The summed E-state index contributed by atoms with van der Waals surface area (Å²) < 4.78 is 11.9. The van der Waals surface area contributed by atoms with E-state index in [1.54, 1.807) is 0 Å². The molecule has 1 amide bonds. The van der Waals surface area contributed by atoms with Crippen LogP contribution in [0.25, 0.3) is 0 Å². The average molecular weight is 587 g/mol. The molecule has 1 aliphatic carbocycles. The minimum Gasteiger partial charge on any atom is -0.507 e. The summed E-state index contributed by atoms with van der Waals surface area (Å²) in [5, 5.41) is 37.1. The number of amides is 1. The largest absolute Gasteiger partial charge is 0.507 e. The number of piperazine rings is 1. The van der Waals surface area contributed by atoms with Crippen LogP contribution in [0, 0.1) is 38.0 Å². The third-order valence-corrected chi connectivity index (χ3v) is 11.2. The molecule has 4 aliphatic heterocycles. The van der Waals surface area contributed by atoms with Gasteiger partial charge < -0.3 is 25.0 Å². The van der Waals surface area contributed by atoms with Crippen molar-refractivity contribution in [2.24, 2.45) is 5.92 Å². The van der Waals surface area contributed by atoms with Crippen molar-refractivity contribution in [1.29, 1.82) is 5.26 Å². The molecule has 0 radical (unpaired) electrons. The van der Waals surface area contributed by atoms with E-state index in [0.717, 1.165) is 46.2 Å². The van der Waals surface area contributed by atoms with Gasteiger partial charge in [-0.15, -0.1) is 0 Å². The summed E-state index contributed by atoms with van der Waals surface area (Å²) in [6.45, 7) is 6.16. The van der Waals surface area contributed by atoms with E-state index in [9.17, 15) is 20.3 Å². The average Bonchev–Trinajstić information content (AvgIpc) is 3.49. The monoisotopic (exact) mass is 586 g/mol. The molecular weight excluding hydrogens is 544 g/mol. The van der Waals surface area contributed by atoms with E-state index in [4.69, 9.17) is 9.47 Å². The summed E-state index contributed by atoms with van der Waals surface area (Å²) in [6.07, 6.45) is 7.40. The molecule has 2 fully saturated rings. The molecule has 9 heteroatoms. The Labute approximate surface area is 253 Å². The van der Waals surface area contributed by atoms with E-state index in [0.29, 0.717) is 54.5 Å². The van der Waals surface area contributed by atoms with Gasteiger partial charge in [-0.2, -0.15) is 5.26 Å². The fraction of sp³-hybridized carbons (Fsp3) is 0.588. The van der Waals surface area contributed by atoms with Crippen molar-refractivity contribution in [3.8, 4) is 29.1 Å². The number of aryl methyl sites for hydroxylation is 1. The van der Waals surface area contributed by atoms with Crippen LogP contribution in [0.15, 0.2) is 6.07 Å². The second-order valence-electron chi connectivity index (χ2n) is 13.4. The summed E-state index contributed by atoms with van der Waals surface area (Å²) in [4.78, 5) is 17.8. The third-order valence-electron chi connectivity index (χ3n) is 11.2. The zero-order valence-electron chi connectivity index (χ0n) is 25.6. The van der Waals surface area contributed by atoms with Crippen LogP contribution in [0.5, 0.6) is 23.0 Å². The molecule has 1 saturated heterocycles. The van der Waals surface area contributed by atoms with E-state index in [1.807, 2.05) is 20.8 Å². The highest BCUT2D eigenvalue weighted by atomic mass is 16.7. The van der Waals surface area contributed by atoms with Crippen LogP contribution in [0.1, 0.15) is 89.6 Å². The maximum Gasteiger partial charge on any atom is 0.231 e. The van der Waals surface area contributed by atoms with Gasteiger partial charge in [0.2, 0.25) is 12.7 Å². The Kier molecular flexibility index (Phi) is 6.98. The van der Waals surface area contributed by atoms with Gasteiger partial charge in [0, 0.05) is 47.3 Å². The molecule has 2 aromatic rings. The van der Waals surface area contributed by atoms with Gasteiger partial charge >= 0.3 is 0 Å². The van der Waals surface area contributed by atoms with Crippen LogP contribution in [0.3, 0.4) is 0 Å². The molecule has 1 unspecified atom stereocenters. The summed E-state index contributed by atoms with van der Waals surface area (Å²) in [5.74, 6) is 2.06. The van der Waals surface area contributed by atoms with Gasteiger partial charge in [0.1, 0.15) is 17.5 Å². The fourth-order valence-corrected chi connectivity index (χ4v) is 8.84. The van der Waals surface area contributed by atoms with Gasteiger partial charge in [0.25, 0.3) is 0 Å². The molecule has 7 rings (SSSR count). The molecule has 1 saturated carbocycles. The Morgan fingerprint density at radius 3 is 2.51 bits per heavy atom. The van der Waals surface area contributed by atoms with Gasteiger partial charge in [-0.25, -0.2) is 0 Å². The topological polar surface area (TPSA) is 118 Å². The normalized spacial score (nSPS) is 28.0. The molecule has 228 valence electrons. The van der Waals surface area contributed by atoms with Gasteiger partial charge in [-0.1, -0.05) is 25.3 Å². The molecule has 4 heterocycles. The van der Waals surface area contributed by atoms with Gasteiger partial charge in [0.15, 0.2) is 11.5 Å². The SMILES string of the molecule is Cc1cc2c(c(O)c1C)[C@@H]1C3Cc4c(O)c(C)c5c(c4[C@H](CNC(=O)CC4CCCCC4)N3[C@@H](C#N)[C@H](C2)N1C)OCO5. The number of phenols is 2. The first-order chi connectivity index (χ1) is 20.7. The highest BCUT2D eigenvalue weighted by Crippen LogP contribution is 2.57. The summed E-state index contributed by atoms with van der Waals surface area (Å²) >= 11 is 0. The predicted octanol–water partition coefficient (Wildman–Crippen LogP) is 4.61. The summed E-state index contributed by atoms with van der Waals surface area (Å²) in [7, 11) is 2.05. The van der Waals surface area contributed by atoms with E-state index < -0.39 is 12.1 Å². The first kappa shape index (κ1) is 28.3. The lowest BCUT2D eigenvalue weighted by Gasteiger charge is -2.60. The van der Waals surface area contributed by atoms with Crippen molar-refractivity contribution in [2.45, 2.75) is 102 Å². The van der Waals surface area contributed by atoms with E-state index in [1.165, 1.54) is 19.3 Å². The number of phenolic OH excluding ortho intramolecular Hbond substituents is 2. The van der Waals surface area contributed by atoms with Crippen LogP contribution in [0.2, 0.25) is 0 Å². The number of nitrogens with one attached hydrogen (secondary N) is 1. The van der Waals surface area contributed by atoms with Crippen molar-refractivity contribution >= 4 is 5.91 Å². The lowest BCUT2D eigenvalue weighted by atomic mass is 9.71. The summed E-state index contributed by atoms with van der Waals surface area (Å²) in [5.41, 5.74) is 6.11. The molecule has 2 bridgehead atoms. The van der Waals surface area contributed by atoms with Crippen LogP contribution in [0.4, 0.5) is 0 Å². The quantitative estimate of drug-likeness (QED) is 0.476. The predicted molar refractivity (Wildman–Crippen MR) is 160 cm³/mol. The molecular formula is C34H42N4O5. The minimum absolute atomic E-state index is 0.0256. The summed E-state index contributed by atoms with van der Waals surface area (Å²) in [6, 6.07) is 3.40. The van der Waals surface area contributed by atoms with Gasteiger partial charge in [0.05, 0.1) is 18.2 Å². The fourth-order valence-electron chi connectivity index (χ4n) is 8.84. The van der Waals surface area contributed by atoms with Crippen LogP contribution in [-0.4, -0.2) is 64.4 Å². The van der Waals surface area contributed by atoms with Crippen LogP contribution < -0.4 is 14.8 Å². The Bertz CT molecular complexity index is 1530. The third kappa shape index (κ3) is 4.28. The van der Waals surface area contributed by atoms with Crippen molar-refractivity contribution in [3.63, 3.8) is 0 Å². The molecule has 5 aliphatic rings. The molecule has 5 atom stereocenters. The zero-order chi connectivity index (χ0) is 30.2. The Hall–Kier alpha value is -3.48. The first-order valence-electron chi connectivity index (χ1n) is 15.8. The number of likely N-dealkylation sites (N-methyl/N-ethyl adjacent to an activating group) is 1. The van der Waals surface area contributed by atoms with Crippen LogP contribution in [-0.2, 0) is 17.6 Å². The van der Waals surface area contributed by atoms with E-state index >= 15 is 0 Å². The van der Waals surface area contributed by atoms with Crippen molar-refractivity contribution < 1.29 is 24.5 Å². The lowest BCUT2D eigenvalue weighted by Crippen LogP contribution is -2.68. The Balaban J connectivity index is 1.34. The Morgan fingerprint density at radius 1 is 1.02 bits per heavy atom. The van der Waals surface area contributed by atoms with Crippen molar-refractivity contribution in [2.75, 3.05) is 20.4 Å². The molecule has 0 aromatic heterocycles. The smallest absolute Gasteiger partial charge is 0.231 e. The number of carbonyl (C=O) groups excluding carboxylic acids is 1. The number of fused-ring (bicyclic) bond motifs is 9. The second kappa shape index (κ2) is 10.6. The number of hydrogen-bond donors (Lipinski definition) is 3. The zero-order valence-corrected chi connectivity index (χ0v) is 25.6. The van der Waals surface area contributed by atoms with Crippen molar-refractivity contribution in [1.82, 2.24) is 15.1 Å². The molecule has 2 aromatic carbocycles. The first-order valence-corrected chi connectivity index (χ1v) is 15.8. The standard InChI is InChI=1S/C34H42N4O5/c1-17-10-21-12-23-25(14-35)38-24(30(37(23)4)28(21)32(41)18(17)2)13-22-29(34-33(42-16-43-34)19(3)31(22)40)26(38)15-36-27(39)11-20-8-6-5-7-9-20/h10,20,23-26,30,40-41H,5-9,11-13,15-16H2,1-4H3,(H,36,39)/t23-,24?,25-,26-,30-/m0/s1. The number of hydrogen-bond acceptors (Lipinski definition) is 8. The maximum atomic E-state index is 13.3. The van der Waals surface area contributed by atoms with E-state index in [-0.39, 0.29) is 36.6 Å². The highest BCUT2D eigenvalue weighted by Gasteiger charge is 2.56. The minimum atomic E-state index is -0.474. The van der Waals surface area contributed by atoms with Gasteiger partial charge in [-0.3, -0.25) is 14.6 Å². The molecule has 0 spiro atoms. The molecule has 9 nitrogen and oxygen atoms in total. The number of nitrogens with zero attached hydrogens (tertiary/aromatic N) is 3. The van der Waals surface area contributed by atoms with Crippen LogP contribution >= 0.6 is 0 Å². The number of carbonyl (C=O) groups is 1. The number of ether oxygens (including phenoxy) is 2.